The molecule has 6 heteroatoms. The van der Waals surface area contributed by atoms with Crippen molar-refractivity contribution in [2.45, 2.75) is 6.54 Å². The fourth-order valence-electron chi connectivity index (χ4n) is 1.59. The van der Waals surface area contributed by atoms with Gasteiger partial charge in [0, 0.05) is 23.8 Å². The Morgan fingerprint density at radius 3 is 3.06 bits per heavy atom. The normalized spacial score (nSPS) is 9.83. The molecule has 18 heavy (non-hydrogen) atoms. The molecular formula is C12H13N5S. The van der Waals surface area contributed by atoms with E-state index in [1.807, 2.05) is 25.2 Å². The third kappa shape index (κ3) is 2.77. The summed E-state index contributed by atoms with van der Waals surface area (Å²) >= 11 is 1.51. The Labute approximate surface area is 109 Å². The Balaban J connectivity index is 2.11. The topological polar surface area (TPSA) is 78.0 Å². The molecule has 0 bridgehead atoms. The lowest BCUT2D eigenvalue weighted by Crippen LogP contribution is -2.15. The minimum atomic E-state index is 0.660. The minimum absolute atomic E-state index is 0.660. The van der Waals surface area contributed by atoms with Crippen molar-refractivity contribution in [3.63, 3.8) is 0 Å². The molecule has 0 amide bonds. The van der Waals surface area contributed by atoms with Crippen LogP contribution in [0, 0.1) is 11.3 Å². The van der Waals surface area contributed by atoms with E-state index in [0.717, 1.165) is 17.1 Å². The molecule has 0 aliphatic rings. The smallest absolute Gasteiger partial charge is 0.197 e. The van der Waals surface area contributed by atoms with Crippen molar-refractivity contribution in [2.75, 3.05) is 17.4 Å². The Bertz CT molecular complexity index is 572. The Morgan fingerprint density at radius 1 is 1.56 bits per heavy atom. The molecule has 3 N–H and O–H groups in total. The number of benzene rings is 1. The predicted molar refractivity (Wildman–Crippen MR) is 73.2 cm³/mol. The van der Waals surface area contributed by atoms with Crippen molar-refractivity contribution in [1.82, 2.24) is 4.98 Å². The quantitative estimate of drug-likeness (QED) is 0.648. The molecule has 1 aromatic carbocycles. The van der Waals surface area contributed by atoms with Gasteiger partial charge in [0.1, 0.15) is 0 Å². The van der Waals surface area contributed by atoms with Crippen molar-refractivity contribution in [1.29, 1.82) is 5.26 Å². The first-order valence-electron chi connectivity index (χ1n) is 5.35. The number of nitriles is 1. The van der Waals surface area contributed by atoms with Crippen LogP contribution < -0.4 is 16.2 Å². The molecule has 92 valence electrons. The molecular weight excluding hydrogens is 246 g/mol. The highest BCUT2D eigenvalue weighted by molar-refractivity contribution is 7.15. The van der Waals surface area contributed by atoms with Gasteiger partial charge in [0.05, 0.1) is 18.2 Å². The standard InChI is InChI=1S/C12H13N5S/c1-17(8-11-7-15-12(16-14)18-11)10-4-2-3-9(5-10)6-13/h2-5,7H,8,14H2,1H3,(H,15,16). The fraction of sp³-hybridized carbons (Fsp3) is 0.167. The molecule has 1 heterocycles. The number of rotatable bonds is 4. The molecule has 0 saturated carbocycles. The predicted octanol–water partition coefficient (Wildman–Crippen LogP) is 1.94. The van der Waals surface area contributed by atoms with Crippen LogP contribution >= 0.6 is 11.3 Å². The second-order valence-electron chi connectivity index (χ2n) is 3.79. The van der Waals surface area contributed by atoms with E-state index in [2.05, 4.69) is 21.4 Å². The summed E-state index contributed by atoms with van der Waals surface area (Å²) in [6.07, 6.45) is 1.80. The van der Waals surface area contributed by atoms with Crippen molar-refractivity contribution in [3.05, 3.63) is 40.9 Å². The Morgan fingerprint density at radius 2 is 2.39 bits per heavy atom. The van der Waals surface area contributed by atoms with E-state index in [9.17, 15) is 0 Å². The average Bonchev–Trinajstić information content (AvgIpc) is 2.86. The van der Waals surface area contributed by atoms with E-state index >= 15 is 0 Å². The third-order valence-corrected chi connectivity index (χ3v) is 3.40. The van der Waals surface area contributed by atoms with Crippen molar-refractivity contribution in [3.8, 4) is 6.07 Å². The van der Waals surface area contributed by atoms with E-state index in [-0.39, 0.29) is 0 Å². The fourth-order valence-corrected chi connectivity index (χ4v) is 2.36. The van der Waals surface area contributed by atoms with Crippen LogP contribution in [0.2, 0.25) is 0 Å². The van der Waals surface area contributed by atoms with Gasteiger partial charge in [0.15, 0.2) is 5.13 Å². The molecule has 2 aromatic rings. The van der Waals surface area contributed by atoms with Crippen LogP contribution in [0.15, 0.2) is 30.5 Å². The van der Waals surface area contributed by atoms with Gasteiger partial charge in [0.2, 0.25) is 0 Å². The summed E-state index contributed by atoms with van der Waals surface area (Å²) in [6.45, 7) is 0.730. The summed E-state index contributed by atoms with van der Waals surface area (Å²) in [6, 6.07) is 9.65. The maximum absolute atomic E-state index is 8.87. The van der Waals surface area contributed by atoms with Crippen LogP contribution in [0.5, 0.6) is 0 Å². The molecule has 0 aliphatic carbocycles. The molecule has 1 aromatic heterocycles. The van der Waals surface area contributed by atoms with Gasteiger partial charge in [-0.3, -0.25) is 5.43 Å². The number of thiazole rings is 1. The van der Waals surface area contributed by atoms with E-state index in [4.69, 9.17) is 11.1 Å². The summed E-state index contributed by atoms with van der Waals surface area (Å²) in [4.78, 5) is 7.29. The lowest BCUT2D eigenvalue weighted by Gasteiger charge is -2.18. The third-order valence-electron chi connectivity index (χ3n) is 2.49. The lowest BCUT2D eigenvalue weighted by molar-refractivity contribution is 0.936. The first kappa shape index (κ1) is 12.4. The van der Waals surface area contributed by atoms with Gasteiger partial charge in [-0.15, -0.1) is 0 Å². The molecule has 0 radical (unpaired) electrons. The van der Waals surface area contributed by atoms with Gasteiger partial charge in [-0.05, 0) is 18.2 Å². The summed E-state index contributed by atoms with van der Waals surface area (Å²) < 4.78 is 0. The van der Waals surface area contributed by atoms with E-state index in [1.54, 1.807) is 12.3 Å². The van der Waals surface area contributed by atoms with E-state index in [1.165, 1.54) is 11.3 Å². The summed E-state index contributed by atoms with van der Waals surface area (Å²) in [7, 11) is 1.98. The van der Waals surface area contributed by atoms with Crippen molar-refractivity contribution in [2.24, 2.45) is 5.84 Å². The average molecular weight is 259 g/mol. The van der Waals surface area contributed by atoms with Gasteiger partial charge in [-0.1, -0.05) is 17.4 Å². The number of nitrogens with two attached hydrogens (primary N) is 1. The number of hydrogen-bond donors (Lipinski definition) is 2. The maximum Gasteiger partial charge on any atom is 0.197 e. The van der Waals surface area contributed by atoms with Gasteiger partial charge < -0.3 is 4.90 Å². The van der Waals surface area contributed by atoms with Gasteiger partial charge >= 0.3 is 0 Å². The highest BCUT2D eigenvalue weighted by Crippen LogP contribution is 2.21. The van der Waals surface area contributed by atoms with E-state index < -0.39 is 0 Å². The van der Waals surface area contributed by atoms with Crippen LogP contribution in [-0.4, -0.2) is 12.0 Å². The zero-order valence-electron chi connectivity index (χ0n) is 9.92. The molecule has 0 aliphatic heterocycles. The second-order valence-corrected chi connectivity index (χ2v) is 4.91. The first-order valence-corrected chi connectivity index (χ1v) is 6.17. The van der Waals surface area contributed by atoms with Gasteiger partial charge in [-0.2, -0.15) is 5.26 Å². The van der Waals surface area contributed by atoms with Crippen molar-refractivity contribution < 1.29 is 0 Å². The van der Waals surface area contributed by atoms with Crippen LogP contribution in [0.1, 0.15) is 10.4 Å². The van der Waals surface area contributed by atoms with Crippen LogP contribution in [0.4, 0.5) is 10.8 Å². The van der Waals surface area contributed by atoms with Crippen molar-refractivity contribution >= 4 is 22.2 Å². The van der Waals surface area contributed by atoms with Crippen LogP contribution in [-0.2, 0) is 6.54 Å². The summed E-state index contributed by atoms with van der Waals surface area (Å²) in [5.74, 6) is 5.29. The Hall–Kier alpha value is -2.10. The zero-order valence-corrected chi connectivity index (χ0v) is 10.7. The van der Waals surface area contributed by atoms with Gasteiger partial charge in [-0.25, -0.2) is 10.8 Å². The molecule has 0 fully saturated rings. The number of anilines is 2. The SMILES string of the molecule is CN(Cc1cnc(NN)s1)c1cccc(C#N)c1. The summed E-state index contributed by atoms with van der Waals surface area (Å²) in [5, 5.41) is 9.57. The minimum Gasteiger partial charge on any atom is -0.369 e. The monoisotopic (exact) mass is 259 g/mol. The summed E-state index contributed by atoms with van der Waals surface area (Å²) in [5.41, 5.74) is 4.19. The number of nitrogens with one attached hydrogen (secondary N) is 1. The molecule has 5 nitrogen and oxygen atoms in total. The Kier molecular flexibility index (Phi) is 3.77. The van der Waals surface area contributed by atoms with Crippen LogP contribution in [0.25, 0.3) is 0 Å². The second kappa shape index (κ2) is 5.49. The molecule has 0 saturated heterocycles. The number of hydrogen-bond acceptors (Lipinski definition) is 6. The maximum atomic E-state index is 8.87. The number of hydrazine groups is 1. The first-order chi connectivity index (χ1) is 8.72. The number of aromatic nitrogens is 1. The van der Waals surface area contributed by atoms with E-state index in [0.29, 0.717) is 10.7 Å². The van der Waals surface area contributed by atoms with Gasteiger partial charge in [0.25, 0.3) is 0 Å². The highest BCUT2D eigenvalue weighted by Gasteiger charge is 2.06. The number of nitrogen functional groups attached to an aromatic ring is 1. The molecule has 0 spiro atoms. The lowest BCUT2D eigenvalue weighted by atomic mass is 10.2. The number of nitrogens with zero attached hydrogens (tertiary/aromatic N) is 3. The highest BCUT2D eigenvalue weighted by atomic mass is 32.1. The molecule has 0 unspecified atom stereocenters. The molecule has 2 rings (SSSR count). The largest absolute Gasteiger partial charge is 0.369 e. The zero-order chi connectivity index (χ0) is 13.0. The van der Waals surface area contributed by atoms with Crippen LogP contribution in [0.3, 0.4) is 0 Å². The molecule has 0 atom stereocenters.